The highest BCUT2D eigenvalue weighted by molar-refractivity contribution is 14.0. The zero-order valence-corrected chi connectivity index (χ0v) is 16.4. The van der Waals surface area contributed by atoms with Gasteiger partial charge in [0.25, 0.3) is 0 Å². The number of aliphatic imine (C=N–C) groups is 1. The smallest absolute Gasteiger partial charge is 0.191 e. The van der Waals surface area contributed by atoms with E-state index in [0.717, 1.165) is 24.7 Å². The van der Waals surface area contributed by atoms with Gasteiger partial charge in [0.1, 0.15) is 0 Å². The van der Waals surface area contributed by atoms with Gasteiger partial charge in [0.2, 0.25) is 0 Å². The summed E-state index contributed by atoms with van der Waals surface area (Å²) in [5.74, 6) is 0.861. The van der Waals surface area contributed by atoms with Crippen LogP contribution in [0.4, 0.5) is 0 Å². The lowest BCUT2D eigenvalue weighted by molar-refractivity contribution is 0.645. The Bertz CT molecular complexity index is 639. The molecule has 0 amide bonds. The molecule has 0 unspecified atom stereocenters. The largest absolute Gasteiger partial charge is 0.357 e. The van der Waals surface area contributed by atoms with Crippen molar-refractivity contribution in [3.05, 3.63) is 66.0 Å². The highest BCUT2D eigenvalue weighted by Crippen LogP contribution is 2.47. The van der Waals surface area contributed by atoms with Gasteiger partial charge in [-0.25, -0.2) is 4.99 Å². The summed E-state index contributed by atoms with van der Waals surface area (Å²) in [6.07, 6.45) is 4.28. The summed E-state index contributed by atoms with van der Waals surface area (Å²) in [5, 5.41) is 6.82. The van der Waals surface area contributed by atoms with Gasteiger partial charge in [0.15, 0.2) is 5.96 Å². The molecule has 0 bridgehead atoms. The molecule has 0 spiro atoms. The van der Waals surface area contributed by atoms with Crippen LogP contribution in [0, 0.1) is 0 Å². The van der Waals surface area contributed by atoms with Crippen LogP contribution in [0.2, 0.25) is 0 Å². The first kappa shape index (κ1) is 18.7. The summed E-state index contributed by atoms with van der Waals surface area (Å²) >= 11 is 0. The van der Waals surface area contributed by atoms with Crippen LogP contribution in [0.5, 0.6) is 0 Å². The lowest BCUT2D eigenvalue weighted by Crippen LogP contribution is -2.41. The Hall–Kier alpha value is -1.63. The van der Waals surface area contributed by atoms with Gasteiger partial charge in [-0.15, -0.1) is 24.0 Å². The van der Waals surface area contributed by atoms with E-state index in [1.54, 1.807) is 6.20 Å². The van der Waals surface area contributed by atoms with Gasteiger partial charge < -0.3 is 10.6 Å². The lowest BCUT2D eigenvalue weighted by atomic mass is 9.96. The number of nitrogens with one attached hydrogen (secondary N) is 2. The number of guanidine groups is 1. The number of hydrogen-bond donors (Lipinski definition) is 2. The SMILES string of the molecule is CCNC(=NCc1ccccn1)NCC1(c2ccccc2)CC1.I. The maximum atomic E-state index is 4.64. The van der Waals surface area contributed by atoms with E-state index in [1.165, 1.54) is 18.4 Å². The minimum atomic E-state index is 0. The van der Waals surface area contributed by atoms with Crippen molar-refractivity contribution in [3.8, 4) is 0 Å². The van der Waals surface area contributed by atoms with Gasteiger partial charge in [0, 0.05) is 24.7 Å². The summed E-state index contributed by atoms with van der Waals surface area (Å²) in [6.45, 7) is 4.45. The maximum absolute atomic E-state index is 4.64. The Morgan fingerprint density at radius 1 is 1.08 bits per heavy atom. The molecule has 1 aromatic carbocycles. The van der Waals surface area contributed by atoms with E-state index in [4.69, 9.17) is 0 Å². The monoisotopic (exact) mass is 436 g/mol. The number of hydrogen-bond acceptors (Lipinski definition) is 2. The molecule has 0 atom stereocenters. The summed E-state index contributed by atoms with van der Waals surface area (Å²) < 4.78 is 0. The fraction of sp³-hybridized carbons (Fsp3) is 0.368. The summed E-state index contributed by atoms with van der Waals surface area (Å²) in [4.78, 5) is 8.96. The molecule has 24 heavy (non-hydrogen) atoms. The zero-order valence-electron chi connectivity index (χ0n) is 14.0. The molecular weight excluding hydrogens is 411 g/mol. The van der Waals surface area contributed by atoms with E-state index in [0.29, 0.717) is 6.54 Å². The van der Waals surface area contributed by atoms with Crippen molar-refractivity contribution in [2.45, 2.75) is 31.7 Å². The Kier molecular flexibility index (Phi) is 7.02. The van der Waals surface area contributed by atoms with Crippen molar-refractivity contribution in [1.29, 1.82) is 0 Å². The molecule has 1 aliphatic rings. The van der Waals surface area contributed by atoms with Crippen molar-refractivity contribution >= 4 is 29.9 Å². The normalized spacial score (nSPS) is 15.3. The molecule has 2 N–H and O–H groups in total. The van der Waals surface area contributed by atoms with Crippen LogP contribution in [-0.2, 0) is 12.0 Å². The molecule has 0 aliphatic heterocycles. The fourth-order valence-corrected chi connectivity index (χ4v) is 2.76. The van der Waals surface area contributed by atoms with E-state index in [9.17, 15) is 0 Å². The third kappa shape index (κ3) is 4.93. The van der Waals surface area contributed by atoms with Gasteiger partial charge in [0.05, 0.1) is 12.2 Å². The Labute approximate surface area is 161 Å². The Morgan fingerprint density at radius 2 is 1.83 bits per heavy atom. The molecule has 1 aromatic heterocycles. The topological polar surface area (TPSA) is 49.3 Å². The standard InChI is InChI=1S/C19H24N4.HI/c1-2-20-18(22-14-17-10-6-7-13-21-17)23-15-19(11-12-19)16-8-4-3-5-9-16;/h3-10,13H,2,11-12,14-15H2,1H3,(H2,20,22,23);1H. The number of benzene rings is 1. The number of rotatable bonds is 6. The molecule has 1 saturated carbocycles. The van der Waals surface area contributed by atoms with Crippen LogP contribution < -0.4 is 10.6 Å². The predicted molar refractivity (Wildman–Crippen MR) is 110 cm³/mol. The third-order valence-corrected chi connectivity index (χ3v) is 4.30. The minimum absolute atomic E-state index is 0. The fourth-order valence-electron chi connectivity index (χ4n) is 2.76. The first-order chi connectivity index (χ1) is 11.3. The van der Waals surface area contributed by atoms with Gasteiger partial charge in [-0.05, 0) is 37.5 Å². The average molecular weight is 436 g/mol. The highest BCUT2D eigenvalue weighted by atomic mass is 127. The van der Waals surface area contributed by atoms with Gasteiger partial charge in [-0.2, -0.15) is 0 Å². The van der Waals surface area contributed by atoms with Crippen LogP contribution in [0.25, 0.3) is 0 Å². The highest BCUT2D eigenvalue weighted by Gasteiger charge is 2.43. The summed E-state index contributed by atoms with van der Waals surface area (Å²) in [6, 6.07) is 16.7. The van der Waals surface area contributed by atoms with E-state index in [2.05, 4.69) is 57.9 Å². The van der Waals surface area contributed by atoms with Crippen LogP contribution >= 0.6 is 24.0 Å². The maximum Gasteiger partial charge on any atom is 0.191 e. The number of halogens is 1. The molecule has 1 aliphatic carbocycles. The molecule has 0 saturated heterocycles. The molecule has 3 rings (SSSR count). The van der Waals surface area contributed by atoms with Gasteiger partial charge in [-0.1, -0.05) is 36.4 Å². The summed E-state index contributed by atoms with van der Waals surface area (Å²) in [5.41, 5.74) is 2.68. The Balaban J connectivity index is 0.00000208. The molecule has 1 fully saturated rings. The van der Waals surface area contributed by atoms with Crippen LogP contribution in [0.3, 0.4) is 0 Å². The van der Waals surface area contributed by atoms with E-state index in [-0.39, 0.29) is 29.4 Å². The van der Waals surface area contributed by atoms with Crippen molar-refractivity contribution in [2.24, 2.45) is 4.99 Å². The quantitative estimate of drug-likeness (QED) is 0.414. The van der Waals surface area contributed by atoms with Crippen molar-refractivity contribution < 1.29 is 0 Å². The minimum Gasteiger partial charge on any atom is -0.357 e. The van der Waals surface area contributed by atoms with Crippen LogP contribution in [0.15, 0.2) is 59.7 Å². The molecule has 0 radical (unpaired) electrons. The first-order valence-electron chi connectivity index (χ1n) is 8.30. The second-order valence-electron chi connectivity index (χ2n) is 6.02. The van der Waals surface area contributed by atoms with Crippen molar-refractivity contribution in [2.75, 3.05) is 13.1 Å². The first-order valence-corrected chi connectivity index (χ1v) is 8.30. The second kappa shape index (κ2) is 9.01. The third-order valence-electron chi connectivity index (χ3n) is 4.30. The van der Waals surface area contributed by atoms with Gasteiger partial charge in [-0.3, -0.25) is 4.98 Å². The van der Waals surface area contributed by atoms with Crippen LogP contribution in [-0.4, -0.2) is 24.0 Å². The van der Waals surface area contributed by atoms with E-state index >= 15 is 0 Å². The average Bonchev–Trinajstić information content (AvgIpc) is 3.40. The second-order valence-corrected chi connectivity index (χ2v) is 6.02. The van der Waals surface area contributed by atoms with E-state index < -0.39 is 0 Å². The van der Waals surface area contributed by atoms with Gasteiger partial charge >= 0.3 is 0 Å². The molecule has 5 heteroatoms. The Morgan fingerprint density at radius 3 is 2.46 bits per heavy atom. The summed E-state index contributed by atoms with van der Waals surface area (Å²) in [7, 11) is 0. The predicted octanol–water partition coefficient (Wildman–Crippen LogP) is 3.49. The number of aromatic nitrogens is 1. The number of nitrogens with zero attached hydrogens (tertiary/aromatic N) is 2. The molecule has 1 heterocycles. The van der Waals surface area contributed by atoms with E-state index in [1.807, 2.05) is 18.2 Å². The number of pyridine rings is 1. The molecular formula is C19H25IN4. The molecule has 4 nitrogen and oxygen atoms in total. The molecule has 128 valence electrons. The van der Waals surface area contributed by atoms with Crippen molar-refractivity contribution in [3.63, 3.8) is 0 Å². The lowest BCUT2D eigenvalue weighted by Gasteiger charge is -2.19. The van der Waals surface area contributed by atoms with Crippen LogP contribution in [0.1, 0.15) is 31.0 Å². The van der Waals surface area contributed by atoms with Crippen molar-refractivity contribution in [1.82, 2.24) is 15.6 Å². The zero-order chi connectivity index (χ0) is 16.0. The molecule has 2 aromatic rings.